The van der Waals surface area contributed by atoms with Crippen molar-refractivity contribution >= 4 is 17.5 Å². The van der Waals surface area contributed by atoms with Crippen molar-refractivity contribution in [3.8, 4) is 5.75 Å². The van der Waals surface area contributed by atoms with Crippen LogP contribution in [-0.4, -0.2) is 50.0 Å². The highest BCUT2D eigenvalue weighted by atomic mass is 19.1. The van der Waals surface area contributed by atoms with Crippen LogP contribution < -0.4 is 15.4 Å². The average molecular weight is 416 g/mol. The van der Waals surface area contributed by atoms with E-state index in [2.05, 4.69) is 10.6 Å². The van der Waals surface area contributed by atoms with Gasteiger partial charge in [0, 0.05) is 12.2 Å². The third kappa shape index (κ3) is 7.83. The molecular weight excluding hydrogens is 385 g/mol. The maximum atomic E-state index is 12.8. The first kappa shape index (κ1) is 23.3. The minimum atomic E-state index is -0.300. The van der Waals surface area contributed by atoms with Crippen molar-refractivity contribution in [3.05, 3.63) is 58.9 Å². The van der Waals surface area contributed by atoms with E-state index in [0.29, 0.717) is 25.3 Å². The van der Waals surface area contributed by atoms with Gasteiger partial charge in [0.15, 0.2) is 0 Å². The summed E-state index contributed by atoms with van der Waals surface area (Å²) in [6.45, 7) is 7.14. The molecule has 0 aromatic heterocycles. The first-order valence-corrected chi connectivity index (χ1v) is 9.96. The quantitative estimate of drug-likeness (QED) is 0.585. The van der Waals surface area contributed by atoms with E-state index < -0.39 is 0 Å². The lowest BCUT2D eigenvalue weighted by Crippen LogP contribution is -2.39. The molecule has 0 unspecified atom stereocenters. The Kier molecular flexibility index (Phi) is 8.80. The summed E-state index contributed by atoms with van der Waals surface area (Å²) in [5.74, 6) is -0.161. The second-order valence-corrected chi connectivity index (χ2v) is 7.49. The third-order valence-corrected chi connectivity index (χ3v) is 4.57. The highest BCUT2D eigenvalue weighted by Gasteiger charge is 2.11. The molecule has 2 aromatic rings. The number of hydrogen-bond acceptors (Lipinski definition) is 4. The first-order valence-electron chi connectivity index (χ1n) is 9.96. The molecule has 6 nitrogen and oxygen atoms in total. The summed E-state index contributed by atoms with van der Waals surface area (Å²) in [4.78, 5) is 26.1. The Labute approximate surface area is 177 Å². The van der Waals surface area contributed by atoms with E-state index in [4.69, 9.17) is 4.74 Å². The highest BCUT2D eigenvalue weighted by molar-refractivity contribution is 5.96. The molecule has 0 fully saturated rings. The molecule has 2 rings (SSSR count). The summed E-state index contributed by atoms with van der Waals surface area (Å²) < 4.78 is 18.4. The summed E-state index contributed by atoms with van der Waals surface area (Å²) in [6.07, 6.45) is 0.716. The summed E-state index contributed by atoms with van der Waals surface area (Å²) in [5, 5.41) is 5.51. The fourth-order valence-electron chi connectivity index (χ4n) is 3.18. The van der Waals surface area contributed by atoms with Crippen molar-refractivity contribution in [2.24, 2.45) is 0 Å². The molecule has 2 aromatic carbocycles. The predicted molar refractivity (Wildman–Crippen MR) is 116 cm³/mol. The van der Waals surface area contributed by atoms with E-state index in [9.17, 15) is 14.0 Å². The van der Waals surface area contributed by atoms with Crippen molar-refractivity contribution in [3.63, 3.8) is 0 Å². The van der Waals surface area contributed by atoms with E-state index in [1.807, 2.05) is 44.9 Å². The number of carbonyl (C=O) groups excluding carboxylic acids is 2. The maximum absolute atomic E-state index is 12.8. The molecule has 2 N–H and O–H groups in total. The van der Waals surface area contributed by atoms with Gasteiger partial charge < -0.3 is 15.4 Å². The molecule has 0 radical (unpaired) electrons. The standard InChI is InChI=1S/C23H30FN3O3/c1-16-12-17(2)23(18(3)13-16)26-21(28)14-25-22(29)15-27(4)10-5-11-30-20-8-6-19(24)7-9-20/h6-9,12-13H,5,10-11,14-15H2,1-4H3,(H,25,29)(H,26,28). The lowest BCUT2D eigenvalue weighted by molar-refractivity contribution is -0.124. The number of carbonyl (C=O) groups is 2. The van der Waals surface area contributed by atoms with Crippen LogP contribution in [0.4, 0.5) is 10.1 Å². The van der Waals surface area contributed by atoms with E-state index in [-0.39, 0.29) is 30.7 Å². The van der Waals surface area contributed by atoms with Crippen molar-refractivity contribution in [2.75, 3.05) is 38.6 Å². The zero-order valence-corrected chi connectivity index (χ0v) is 18.0. The summed E-state index contributed by atoms with van der Waals surface area (Å²) in [7, 11) is 1.83. The molecule has 0 aliphatic rings. The van der Waals surface area contributed by atoms with Gasteiger partial charge in [0.05, 0.1) is 19.7 Å². The van der Waals surface area contributed by atoms with E-state index in [1.54, 1.807) is 12.1 Å². The number of rotatable bonds is 10. The summed E-state index contributed by atoms with van der Waals surface area (Å²) >= 11 is 0. The van der Waals surface area contributed by atoms with Gasteiger partial charge in [-0.3, -0.25) is 14.5 Å². The van der Waals surface area contributed by atoms with Gasteiger partial charge >= 0.3 is 0 Å². The van der Waals surface area contributed by atoms with Gasteiger partial charge in [-0.05, 0) is 69.6 Å². The Balaban J connectivity index is 1.65. The first-order chi connectivity index (χ1) is 14.2. The predicted octanol–water partition coefficient (Wildman–Crippen LogP) is 3.21. The van der Waals surface area contributed by atoms with Crippen molar-refractivity contribution in [2.45, 2.75) is 27.2 Å². The van der Waals surface area contributed by atoms with Crippen LogP contribution in [0.1, 0.15) is 23.1 Å². The second kappa shape index (κ2) is 11.3. The number of hydrogen-bond donors (Lipinski definition) is 2. The molecule has 7 heteroatoms. The molecular formula is C23H30FN3O3. The van der Waals surface area contributed by atoms with Crippen LogP contribution in [0, 0.1) is 26.6 Å². The zero-order chi connectivity index (χ0) is 22.1. The number of nitrogens with one attached hydrogen (secondary N) is 2. The number of benzene rings is 2. The van der Waals surface area contributed by atoms with Crippen molar-refractivity contribution in [1.82, 2.24) is 10.2 Å². The van der Waals surface area contributed by atoms with Crippen LogP contribution >= 0.6 is 0 Å². The molecule has 0 aliphatic carbocycles. The molecule has 0 bridgehead atoms. The minimum absolute atomic E-state index is 0.0763. The monoisotopic (exact) mass is 415 g/mol. The number of ether oxygens (including phenoxy) is 1. The van der Waals surface area contributed by atoms with Crippen molar-refractivity contribution < 1.29 is 18.7 Å². The van der Waals surface area contributed by atoms with Crippen LogP contribution in [0.5, 0.6) is 5.75 Å². The molecule has 30 heavy (non-hydrogen) atoms. The molecule has 0 atom stereocenters. The molecule has 0 saturated carbocycles. The van der Waals surface area contributed by atoms with Crippen LogP contribution in [0.25, 0.3) is 0 Å². The molecule has 0 heterocycles. The van der Waals surface area contributed by atoms with Crippen molar-refractivity contribution in [1.29, 1.82) is 0 Å². The van der Waals surface area contributed by atoms with E-state index >= 15 is 0 Å². The fourth-order valence-corrected chi connectivity index (χ4v) is 3.18. The Morgan fingerprint density at radius 2 is 1.67 bits per heavy atom. The van der Waals surface area contributed by atoms with Crippen LogP contribution in [0.2, 0.25) is 0 Å². The Bertz CT molecular complexity index is 845. The average Bonchev–Trinajstić information content (AvgIpc) is 2.68. The number of halogens is 1. The summed E-state index contributed by atoms with van der Waals surface area (Å²) in [6, 6.07) is 9.88. The van der Waals surface area contributed by atoms with Gasteiger partial charge in [-0.1, -0.05) is 17.7 Å². The Morgan fingerprint density at radius 1 is 1.03 bits per heavy atom. The Hall–Kier alpha value is -2.93. The molecule has 0 saturated heterocycles. The third-order valence-electron chi connectivity index (χ3n) is 4.57. The lowest BCUT2D eigenvalue weighted by atomic mass is 10.1. The number of likely N-dealkylation sites (N-methyl/N-ethyl adjacent to an activating group) is 1. The summed E-state index contributed by atoms with van der Waals surface area (Å²) in [5.41, 5.74) is 3.92. The van der Waals surface area contributed by atoms with Gasteiger partial charge in [0.2, 0.25) is 11.8 Å². The number of aryl methyl sites for hydroxylation is 3. The van der Waals surface area contributed by atoms with Gasteiger partial charge in [-0.2, -0.15) is 0 Å². The Morgan fingerprint density at radius 3 is 2.30 bits per heavy atom. The molecule has 0 spiro atoms. The zero-order valence-electron chi connectivity index (χ0n) is 18.0. The largest absolute Gasteiger partial charge is 0.494 e. The smallest absolute Gasteiger partial charge is 0.243 e. The lowest BCUT2D eigenvalue weighted by Gasteiger charge is -2.17. The molecule has 2 amide bonds. The normalized spacial score (nSPS) is 10.7. The van der Waals surface area contributed by atoms with Gasteiger partial charge in [-0.15, -0.1) is 0 Å². The fraction of sp³-hybridized carbons (Fsp3) is 0.391. The van der Waals surface area contributed by atoms with E-state index in [1.165, 1.54) is 12.1 Å². The van der Waals surface area contributed by atoms with Crippen LogP contribution in [0.15, 0.2) is 36.4 Å². The number of anilines is 1. The topological polar surface area (TPSA) is 70.7 Å². The number of nitrogens with zero attached hydrogens (tertiary/aromatic N) is 1. The molecule has 162 valence electrons. The minimum Gasteiger partial charge on any atom is -0.494 e. The SMILES string of the molecule is Cc1cc(C)c(NC(=O)CNC(=O)CN(C)CCCOc2ccc(F)cc2)c(C)c1. The van der Waals surface area contributed by atoms with Gasteiger partial charge in [0.25, 0.3) is 0 Å². The molecule has 0 aliphatic heterocycles. The van der Waals surface area contributed by atoms with E-state index in [0.717, 1.165) is 22.4 Å². The van der Waals surface area contributed by atoms with Gasteiger partial charge in [-0.25, -0.2) is 4.39 Å². The highest BCUT2D eigenvalue weighted by Crippen LogP contribution is 2.21. The van der Waals surface area contributed by atoms with Crippen LogP contribution in [0.3, 0.4) is 0 Å². The number of amides is 2. The van der Waals surface area contributed by atoms with Gasteiger partial charge in [0.1, 0.15) is 11.6 Å². The van der Waals surface area contributed by atoms with Crippen LogP contribution in [-0.2, 0) is 9.59 Å². The second-order valence-electron chi connectivity index (χ2n) is 7.49. The maximum Gasteiger partial charge on any atom is 0.243 e.